The number of anilines is 1. The van der Waals surface area contributed by atoms with Crippen LogP contribution in [0.2, 0.25) is 0 Å². The molecule has 0 spiro atoms. The van der Waals surface area contributed by atoms with E-state index in [-0.39, 0.29) is 30.9 Å². The second-order valence-electron chi connectivity index (χ2n) is 6.89. The lowest BCUT2D eigenvalue weighted by molar-refractivity contribution is -0.123. The summed E-state index contributed by atoms with van der Waals surface area (Å²) in [7, 11) is 3.33. The fourth-order valence-electron chi connectivity index (χ4n) is 2.42. The maximum atomic E-state index is 12.1. The molecule has 1 rings (SSSR count). The van der Waals surface area contributed by atoms with Crippen LogP contribution < -0.4 is 15.4 Å². The van der Waals surface area contributed by atoms with Crippen LogP contribution in [0.1, 0.15) is 33.6 Å². The number of hydrogen-bond donors (Lipinski definition) is 2. The molecule has 1 atom stereocenters. The van der Waals surface area contributed by atoms with Crippen molar-refractivity contribution in [3.8, 4) is 5.75 Å². The summed E-state index contributed by atoms with van der Waals surface area (Å²) in [5.74, 6) is 1.08. The Bertz CT molecular complexity index is 561. The Labute approximate surface area is 150 Å². The Morgan fingerprint density at radius 2 is 1.80 bits per heavy atom. The van der Waals surface area contributed by atoms with Crippen molar-refractivity contribution in [2.45, 2.75) is 39.7 Å². The van der Waals surface area contributed by atoms with E-state index in [0.717, 1.165) is 12.8 Å². The van der Waals surface area contributed by atoms with E-state index in [0.29, 0.717) is 17.4 Å². The van der Waals surface area contributed by atoms with E-state index in [2.05, 4.69) is 24.5 Å². The van der Waals surface area contributed by atoms with Gasteiger partial charge in [-0.2, -0.15) is 0 Å². The molecule has 1 aromatic rings. The Kier molecular flexibility index (Phi) is 8.99. The maximum absolute atomic E-state index is 12.1. The van der Waals surface area contributed by atoms with Crippen molar-refractivity contribution >= 4 is 17.5 Å². The SMILES string of the molecule is COc1cccc(NC(=O)CN(C)CC(=O)N[C@H](C)CCC(C)C)c1. The number of hydrogen-bond acceptors (Lipinski definition) is 4. The zero-order valence-corrected chi connectivity index (χ0v) is 16.0. The molecule has 0 radical (unpaired) electrons. The topological polar surface area (TPSA) is 70.7 Å². The van der Waals surface area contributed by atoms with Crippen molar-refractivity contribution in [1.82, 2.24) is 10.2 Å². The van der Waals surface area contributed by atoms with Crippen LogP contribution >= 0.6 is 0 Å². The molecule has 0 aromatic heterocycles. The molecule has 0 saturated heterocycles. The number of rotatable bonds is 10. The predicted molar refractivity (Wildman–Crippen MR) is 101 cm³/mol. The number of nitrogens with one attached hydrogen (secondary N) is 2. The smallest absolute Gasteiger partial charge is 0.238 e. The van der Waals surface area contributed by atoms with Gasteiger partial charge in [0, 0.05) is 17.8 Å². The summed E-state index contributed by atoms with van der Waals surface area (Å²) in [6.45, 7) is 6.69. The number of likely N-dealkylation sites (N-methyl/N-ethyl adjacent to an activating group) is 1. The van der Waals surface area contributed by atoms with Gasteiger partial charge in [0.2, 0.25) is 11.8 Å². The van der Waals surface area contributed by atoms with Gasteiger partial charge < -0.3 is 15.4 Å². The van der Waals surface area contributed by atoms with Gasteiger partial charge in [-0.15, -0.1) is 0 Å². The predicted octanol–water partition coefficient (Wildman–Crippen LogP) is 2.51. The van der Waals surface area contributed by atoms with Crippen molar-refractivity contribution in [3.05, 3.63) is 24.3 Å². The van der Waals surface area contributed by atoms with Gasteiger partial charge in [0.25, 0.3) is 0 Å². The number of carbonyl (C=O) groups excluding carboxylic acids is 2. The lowest BCUT2D eigenvalue weighted by atomic mass is 10.0. The van der Waals surface area contributed by atoms with Gasteiger partial charge in [-0.3, -0.25) is 14.5 Å². The van der Waals surface area contributed by atoms with Crippen molar-refractivity contribution in [1.29, 1.82) is 0 Å². The Balaban J connectivity index is 2.35. The minimum atomic E-state index is -0.170. The highest BCUT2D eigenvalue weighted by molar-refractivity contribution is 5.92. The van der Waals surface area contributed by atoms with Gasteiger partial charge in [-0.1, -0.05) is 19.9 Å². The van der Waals surface area contributed by atoms with Gasteiger partial charge in [0.05, 0.1) is 20.2 Å². The molecule has 2 amide bonds. The number of amides is 2. The maximum Gasteiger partial charge on any atom is 0.238 e. The first kappa shape index (κ1) is 21.0. The molecule has 0 unspecified atom stereocenters. The number of methoxy groups -OCH3 is 1. The molecule has 0 bridgehead atoms. The quantitative estimate of drug-likeness (QED) is 0.681. The molecular formula is C19H31N3O3. The molecule has 0 aliphatic carbocycles. The number of nitrogens with zero attached hydrogens (tertiary/aromatic N) is 1. The summed E-state index contributed by atoms with van der Waals surface area (Å²) < 4.78 is 5.13. The van der Waals surface area contributed by atoms with Crippen LogP contribution in [0, 0.1) is 5.92 Å². The molecule has 6 nitrogen and oxygen atoms in total. The van der Waals surface area contributed by atoms with E-state index in [1.165, 1.54) is 0 Å². The average Bonchev–Trinajstić information content (AvgIpc) is 2.52. The van der Waals surface area contributed by atoms with Crippen LogP contribution in [0.25, 0.3) is 0 Å². The molecule has 0 aliphatic heterocycles. The van der Waals surface area contributed by atoms with Gasteiger partial charge in [0.15, 0.2) is 0 Å². The number of carbonyl (C=O) groups is 2. The summed E-state index contributed by atoms with van der Waals surface area (Å²) in [6.07, 6.45) is 2.05. The molecule has 6 heteroatoms. The lowest BCUT2D eigenvalue weighted by Crippen LogP contribution is -2.42. The van der Waals surface area contributed by atoms with Crippen LogP contribution in [0.15, 0.2) is 24.3 Å². The zero-order chi connectivity index (χ0) is 18.8. The molecule has 1 aromatic carbocycles. The van der Waals surface area contributed by atoms with Gasteiger partial charge in [0.1, 0.15) is 5.75 Å². The van der Waals surface area contributed by atoms with Crippen molar-refractivity contribution < 1.29 is 14.3 Å². The van der Waals surface area contributed by atoms with Crippen LogP contribution in [-0.2, 0) is 9.59 Å². The third-order valence-electron chi connectivity index (χ3n) is 3.76. The minimum Gasteiger partial charge on any atom is -0.497 e. The highest BCUT2D eigenvalue weighted by atomic mass is 16.5. The largest absolute Gasteiger partial charge is 0.497 e. The van der Waals surface area contributed by atoms with Gasteiger partial charge in [-0.05, 0) is 44.9 Å². The Morgan fingerprint density at radius 1 is 1.12 bits per heavy atom. The molecule has 0 saturated carbocycles. The molecule has 0 fully saturated rings. The summed E-state index contributed by atoms with van der Waals surface area (Å²) in [5, 5.41) is 5.78. The normalized spacial score (nSPS) is 12.1. The fourth-order valence-corrected chi connectivity index (χ4v) is 2.42. The number of ether oxygens (including phenoxy) is 1. The first-order valence-corrected chi connectivity index (χ1v) is 8.72. The van der Waals surface area contributed by atoms with Crippen molar-refractivity contribution in [2.75, 3.05) is 32.6 Å². The number of benzene rings is 1. The summed E-state index contributed by atoms with van der Waals surface area (Å²) in [6, 6.07) is 7.32. The third-order valence-corrected chi connectivity index (χ3v) is 3.76. The third kappa shape index (κ3) is 9.10. The second-order valence-corrected chi connectivity index (χ2v) is 6.89. The van der Waals surface area contributed by atoms with Crippen LogP contribution in [-0.4, -0.2) is 50.0 Å². The van der Waals surface area contributed by atoms with Gasteiger partial charge >= 0.3 is 0 Å². The molecule has 25 heavy (non-hydrogen) atoms. The van der Waals surface area contributed by atoms with Gasteiger partial charge in [-0.25, -0.2) is 0 Å². The van der Waals surface area contributed by atoms with E-state index >= 15 is 0 Å². The van der Waals surface area contributed by atoms with E-state index in [4.69, 9.17) is 4.74 Å². The first-order chi connectivity index (χ1) is 11.8. The zero-order valence-electron chi connectivity index (χ0n) is 16.0. The van der Waals surface area contributed by atoms with Crippen molar-refractivity contribution in [2.24, 2.45) is 5.92 Å². The monoisotopic (exact) mass is 349 g/mol. The molecule has 2 N–H and O–H groups in total. The van der Waals surface area contributed by atoms with E-state index < -0.39 is 0 Å². The highest BCUT2D eigenvalue weighted by Gasteiger charge is 2.13. The summed E-state index contributed by atoms with van der Waals surface area (Å²) in [4.78, 5) is 25.8. The molecular weight excluding hydrogens is 318 g/mol. The minimum absolute atomic E-state index is 0.0621. The van der Waals surface area contributed by atoms with Crippen molar-refractivity contribution in [3.63, 3.8) is 0 Å². The first-order valence-electron chi connectivity index (χ1n) is 8.72. The Hall–Kier alpha value is -2.08. The van der Waals surface area contributed by atoms with E-state index in [9.17, 15) is 9.59 Å². The Morgan fingerprint density at radius 3 is 2.44 bits per heavy atom. The summed E-state index contributed by atoms with van der Waals surface area (Å²) in [5.41, 5.74) is 0.671. The molecule has 0 heterocycles. The second kappa shape index (κ2) is 10.7. The van der Waals surface area contributed by atoms with Crippen LogP contribution in [0.4, 0.5) is 5.69 Å². The average molecular weight is 349 g/mol. The molecule has 0 aliphatic rings. The molecule has 140 valence electrons. The van der Waals surface area contributed by atoms with Crippen LogP contribution in [0.3, 0.4) is 0 Å². The van der Waals surface area contributed by atoms with E-state index in [1.54, 1.807) is 31.2 Å². The highest BCUT2D eigenvalue weighted by Crippen LogP contribution is 2.16. The van der Waals surface area contributed by atoms with Crippen LogP contribution in [0.5, 0.6) is 5.75 Å². The summed E-state index contributed by atoms with van der Waals surface area (Å²) >= 11 is 0. The standard InChI is InChI=1S/C19H31N3O3/c1-14(2)9-10-15(3)20-18(23)12-22(4)13-19(24)21-16-7-6-8-17(11-16)25-5/h6-8,11,14-15H,9-10,12-13H2,1-5H3,(H,20,23)(H,21,24)/t15-/m1/s1. The van der Waals surface area contributed by atoms with E-state index in [1.807, 2.05) is 19.1 Å². The fraction of sp³-hybridized carbons (Fsp3) is 0.579. The lowest BCUT2D eigenvalue weighted by Gasteiger charge is -2.19.